The number of hydrogen-bond donors (Lipinski definition) is 0. The fourth-order valence-electron chi connectivity index (χ4n) is 1.63. The van der Waals surface area contributed by atoms with Gasteiger partial charge < -0.3 is 4.74 Å². The molecule has 0 spiro atoms. The smallest absolute Gasteiger partial charge is 0.110 e. The lowest BCUT2D eigenvalue weighted by molar-refractivity contribution is 0.0778. The zero-order valence-electron chi connectivity index (χ0n) is 7.21. The van der Waals surface area contributed by atoms with Gasteiger partial charge in [-0.25, -0.2) is 0 Å². The minimum absolute atomic E-state index is 0.00285. The van der Waals surface area contributed by atoms with Crippen LogP contribution in [0.2, 0.25) is 0 Å². The van der Waals surface area contributed by atoms with Crippen molar-refractivity contribution in [3.8, 4) is 0 Å². The molecule has 0 amide bonds. The SMILES string of the molecule is CC([S])OCC1CCCCC1. The fraction of sp³-hybridized carbons (Fsp3) is 1.00. The average Bonchev–Trinajstić information content (AvgIpc) is 2.03. The van der Waals surface area contributed by atoms with Crippen LogP contribution in [0.5, 0.6) is 0 Å². The second-order valence-corrected chi connectivity index (χ2v) is 4.07. The third-order valence-electron chi connectivity index (χ3n) is 2.29. The second kappa shape index (κ2) is 5.04. The van der Waals surface area contributed by atoms with Gasteiger partial charge >= 0.3 is 0 Å². The predicted molar refractivity (Wildman–Crippen MR) is 49.6 cm³/mol. The van der Waals surface area contributed by atoms with E-state index in [9.17, 15) is 0 Å². The first-order valence-electron chi connectivity index (χ1n) is 4.56. The molecule has 1 radical (unpaired) electrons. The van der Waals surface area contributed by atoms with E-state index in [1.165, 1.54) is 32.1 Å². The summed E-state index contributed by atoms with van der Waals surface area (Å²) in [6, 6.07) is 0. The zero-order valence-corrected chi connectivity index (χ0v) is 8.03. The third-order valence-corrected chi connectivity index (χ3v) is 2.43. The maximum atomic E-state index is 5.40. The van der Waals surface area contributed by atoms with Crippen LogP contribution in [-0.2, 0) is 4.74 Å². The fourth-order valence-corrected chi connectivity index (χ4v) is 1.70. The van der Waals surface area contributed by atoms with Crippen molar-refractivity contribution < 1.29 is 4.74 Å². The Morgan fingerprint density at radius 3 is 2.55 bits per heavy atom. The molecule has 0 aromatic carbocycles. The van der Waals surface area contributed by atoms with Crippen molar-refractivity contribution in [3.05, 3.63) is 0 Å². The molecule has 0 aromatic rings. The van der Waals surface area contributed by atoms with Crippen LogP contribution < -0.4 is 0 Å². The molecule has 1 fully saturated rings. The molecule has 1 atom stereocenters. The van der Waals surface area contributed by atoms with E-state index in [0.29, 0.717) is 0 Å². The number of hydrogen-bond acceptors (Lipinski definition) is 1. The van der Waals surface area contributed by atoms with Crippen LogP contribution >= 0.6 is 12.6 Å². The Balaban J connectivity index is 2.05. The lowest BCUT2D eigenvalue weighted by Gasteiger charge is -2.21. The quantitative estimate of drug-likeness (QED) is 0.637. The van der Waals surface area contributed by atoms with Gasteiger partial charge in [-0.2, -0.15) is 0 Å². The van der Waals surface area contributed by atoms with Crippen LogP contribution in [0.1, 0.15) is 39.0 Å². The summed E-state index contributed by atoms with van der Waals surface area (Å²) in [6.45, 7) is 2.82. The summed E-state index contributed by atoms with van der Waals surface area (Å²) < 4.78 is 5.40. The van der Waals surface area contributed by atoms with E-state index >= 15 is 0 Å². The van der Waals surface area contributed by atoms with Crippen molar-refractivity contribution in [2.75, 3.05) is 6.61 Å². The summed E-state index contributed by atoms with van der Waals surface area (Å²) in [7, 11) is 0. The van der Waals surface area contributed by atoms with Gasteiger partial charge in [0.25, 0.3) is 0 Å². The third kappa shape index (κ3) is 4.02. The number of ether oxygens (including phenoxy) is 1. The topological polar surface area (TPSA) is 9.23 Å². The second-order valence-electron chi connectivity index (χ2n) is 3.40. The van der Waals surface area contributed by atoms with Crippen molar-refractivity contribution >= 4 is 12.6 Å². The maximum Gasteiger partial charge on any atom is 0.110 e. The molecule has 0 saturated heterocycles. The molecular formula is C9H17OS. The maximum absolute atomic E-state index is 5.40. The monoisotopic (exact) mass is 173 g/mol. The molecule has 0 heterocycles. The highest BCUT2D eigenvalue weighted by molar-refractivity contribution is 7.80. The Bertz CT molecular complexity index is 97.7. The largest absolute Gasteiger partial charge is 0.367 e. The molecule has 1 aliphatic carbocycles. The van der Waals surface area contributed by atoms with Gasteiger partial charge in [0.1, 0.15) is 5.44 Å². The Morgan fingerprint density at radius 2 is 2.00 bits per heavy atom. The Labute approximate surface area is 74.9 Å². The summed E-state index contributed by atoms with van der Waals surface area (Å²) in [5.41, 5.74) is -0.00285. The highest BCUT2D eigenvalue weighted by atomic mass is 32.1. The van der Waals surface area contributed by atoms with Gasteiger partial charge in [0, 0.05) is 0 Å². The first kappa shape index (κ1) is 9.40. The molecule has 0 aromatic heterocycles. The van der Waals surface area contributed by atoms with Gasteiger partial charge in [-0.1, -0.05) is 31.9 Å². The van der Waals surface area contributed by atoms with E-state index in [-0.39, 0.29) is 5.44 Å². The van der Waals surface area contributed by atoms with Gasteiger partial charge in [0.05, 0.1) is 6.61 Å². The minimum Gasteiger partial charge on any atom is -0.367 e. The van der Waals surface area contributed by atoms with Crippen LogP contribution in [0, 0.1) is 5.92 Å². The Kier molecular flexibility index (Phi) is 4.31. The lowest BCUT2D eigenvalue weighted by atomic mass is 9.90. The molecule has 65 valence electrons. The van der Waals surface area contributed by atoms with Crippen LogP contribution in [0.15, 0.2) is 0 Å². The van der Waals surface area contributed by atoms with Crippen molar-refractivity contribution in [3.63, 3.8) is 0 Å². The van der Waals surface area contributed by atoms with E-state index < -0.39 is 0 Å². The molecule has 0 bridgehead atoms. The van der Waals surface area contributed by atoms with E-state index in [2.05, 4.69) is 0 Å². The summed E-state index contributed by atoms with van der Waals surface area (Å²) in [6.07, 6.45) is 6.89. The van der Waals surface area contributed by atoms with E-state index in [4.69, 9.17) is 17.4 Å². The van der Waals surface area contributed by atoms with Crippen LogP contribution in [0.4, 0.5) is 0 Å². The van der Waals surface area contributed by atoms with Crippen molar-refractivity contribution in [1.29, 1.82) is 0 Å². The van der Waals surface area contributed by atoms with Gasteiger partial charge in [-0.3, -0.25) is 0 Å². The highest BCUT2D eigenvalue weighted by Gasteiger charge is 2.13. The normalized spacial score (nSPS) is 23.5. The molecule has 1 rings (SSSR count). The summed E-state index contributed by atoms with van der Waals surface area (Å²) in [5, 5.41) is 0. The first-order valence-corrected chi connectivity index (χ1v) is 5.03. The molecule has 2 heteroatoms. The summed E-state index contributed by atoms with van der Waals surface area (Å²) in [4.78, 5) is 0. The Hall–Kier alpha value is 0.310. The van der Waals surface area contributed by atoms with Gasteiger partial charge in [-0.15, -0.1) is 0 Å². The van der Waals surface area contributed by atoms with Crippen molar-refractivity contribution in [1.82, 2.24) is 0 Å². The highest BCUT2D eigenvalue weighted by Crippen LogP contribution is 2.24. The van der Waals surface area contributed by atoms with Crippen LogP contribution in [0.3, 0.4) is 0 Å². The molecule has 1 saturated carbocycles. The zero-order chi connectivity index (χ0) is 8.10. The average molecular weight is 173 g/mol. The number of rotatable bonds is 3. The van der Waals surface area contributed by atoms with E-state index in [1.807, 2.05) is 6.92 Å². The predicted octanol–water partition coefficient (Wildman–Crippen LogP) is 3.13. The van der Waals surface area contributed by atoms with Gasteiger partial charge in [0.15, 0.2) is 0 Å². The minimum atomic E-state index is -0.00285. The molecule has 0 aliphatic heterocycles. The molecular weight excluding hydrogens is 156 g/mol. The van der Waals surface area contributed by atoms with Crippen molar-refractivity contribution in [2.45, 2.75) is 44.5 Å². The molecule has 11 heavy (non-hydrogen) atoms. The van der Waals surface area contributed by atoms with Gasteiger partial charge in [-0.05, 0) is 25.7 Å². The Morgan fingerprint density at radius 1 is 1.36 bits per heavy atom. The standard InChI is InChI=1S/C9H17OS/c1-8(11)10-7-9-5-3-2-4-6-9/h8-9H,2-7H2,1H3. The van der Waals surface area contributed by atoms with Crippen molar-refractivity contribution in [2.24, 2.45) is 5.92 Å². The van der Waals surface area contributed by atoms with Gasteiger partial charge in [0.2, 0.25) is 0 Å². The lowest BCUT2D eigenvalue weighted by Crippen LogP contribution is -2.15. The summed E-state index contributed by atoms with van der Waals surface area (Å²) >= 11 is 4.93. The molecule has 1 unspecified atom stereocenters. The molecule has 1 aliphatic rings. The molecule has 1 nitrogen and oxygen atoms in total. The van der Waals surface area contributed by atoms with Crippen LogP contribution in [-0.4, -0.2) is 12.0 Å². The summed E-state index contributed by atoms with van der Waals surface area (Å²) in [5.74, 6) is 0.800. The molecule has 0 N–H and O–H groups in total. The first-order chi connectivity index (χ1) is 5.29. The van der Waals surface area contributed by atoms with E-state index in [1.54, 1.807) is 0 Å². The van der Waals surface area contributed by atoms with Crippen LogP contribution in [0.25, 0.3) is 0 Å². The van der Waals surface area contributed by atoms with E-state index in [0.717, 1.165) is 12.5 Å².